The summed E-state index contributed by atoms with van der Waals surface area (Å²) in [7, 11) is 0. The summed E-state index contributed by atoms with van der Waals surface area (Å²) in [6.07, 6.45) is 0. The third-order valence-corrected chi connectivity index (χ3v) is 3.93. The number of benzene rings is 1. The molecule has 0 radical (unpaired) electrons. The third-order valence-electron chi connectivity index (χ3n) is 3.93. The first-order valence-electron chi connectivity index (χ1n) is 7.54. The summed E-state index contributed by atoms with van der Waals surface area (Å²) < 4.78 is 6.88. The normalized spacial score (nSPS) is 16.0. The van der Waals surface area contributed by atoms with E-state index in [0.717, 1.165) is 26.3 Å². The van der Waals surface area contributed by atoms with Crippen LogP contribution in [0.15, 0.2) is 29.1 Å². The minimum atomic E-state index is -0.136. The summed E-state index contributed by atoms with van der Waals surface area (Å²) in [4.78, 5) is 30.2. The molecule has 0 saturated carbocycles. The average Bonchev–Trinajstić information content (AvgIpc) is 2.52. The molecule has 1 aromatic heterocycles. The van der Waals surface area contributed by atoms with Crippen LogP contribution in [0.5, 0.6) is 0 Å². The Morgan fingerprint density at radius 1 is 1.32 bits per heavy atom. The Labute approximate surface area is 128 Å². The predicted molar refractivity (Wildman–Crippen MR) is 81.9 cm³/mol. The van der Waals surface area contributed by atoms with Crippen LogP contribution in [0.25, 0.3) is 10.9 Å². The molecule has 3 rings (SSSR count). The number of morpholine rings is 1. The van der Waals surface area contributed by atoms with Gasteiger partial charge in [0, 0.05) is 0 Å². The maximum Gasteiger partial charge on any atom is 0.261 e. The van der Waals surface area contributed by atoms with Gasteiger partial charge in [-0.3, -0.25) is 14.2 Å². The average molecular weight is 302 g/mol. The quantitative estimate of drug-likeness (QED) is 0.819. The highest BCUT2D eigenvalue weighted by Crippen LogP contribution is 2.07. The molecule has 22 heavy (non-hydrogen) atoms. The van der Waals surface area contributed by atoms with Gasteiger partial charge in [0.2, 0.25) is 0 Å². The summed E-state index contributed by atoms with van der Waals surface area (Å²) in [6.45, 7) is 5.44. The number of rotatable bonds is 4. The molecule has 0 bridgehead atoms. The molecule has 1 aliphatic heterocycles. The van der Waals surface area contributed by atoms with Crippen molar-refractivity contribution >= 4 is 16.7 Å². The molecule has 0 aliphatic carbocycles. The van der Waals surface area contributed by atoms with Gasteiger partial charge in [0.25, 0.3) is 5.56 Å². The second-order valence-electron chi connectivity index (χ2n) is 5.68. The van der Waals surface area contributed by atoms with Crippen molar-refractivity contribution in [2.75, 3.05) is 26.3 Å². The fourth-order valence-corrected chi connectivity index (χ4v) is 2.80. The third kappa shape index (κ3) is 3.08. The largest absolute Gasteiger partial charge is 0.370 e. The molecule has 0 atom stereocenters. The number of Topliss-reactive ketones (excluding diaryl/α,β-unsaturated/α-hetero) is 1. The highest BCUT2D eigenvalue weighted by atomic mass is 16.5. The highest BCUT2D eigenvalue weighted by molar-refractivity contribution is 5.79. The van der Waals surface area contributed by atoms with Crippen molar-refractivity contribution in [1.29, 1.82) is 0 Å². The summed E-state index contributed by atoms with van der Waals surface area (Å²) in [5.74, 6) is 0.633. The minimum Gasteiger partial charge on any atom is -0.370 e. The standard InChI is InChI=1S/C16H19N3O3/c1-12(20)10-19-15(11-18-6-8-22-9-7-18)17-14-5-3-2-4-13(14)16(19)21/h2-5H,6-11H2,1H3/p+1. The van der Waals surface area contributed by atoms with Gasteiger partial charge in [0.05, 0.1) is 30.7 Å². The van der Waals surface area contributed by atoms with Gasteiger partial charge < -0.3 is 9.64 Å². The van der Waals surface area contributed by atoms with E-state index in [9.17, 15) is 9.59 Å². The van der Waals surface area contributed by atoms with Crippen molar-refractivity contribution in [2.45, 2.75) is 20.0 Å². The predicted octanol–water partition coefficient (Wildman–Crippen LogP) is -0.599. The lowest BCUT2D eigenvalue weighted by Crippen LogP contribution is -3.13. The van der Waals surface area contributed by atoms with Crippen LogP contribution < -0.4 is 10.5 Å². The van der Waals surface area contributed by atoms with Crippen LogP contribution >= 0.6 is 0 Å². The molecule has 2 aromatic rings. The Bertz CT molecular complexity index is 748. The van der Waals surface area contributed by atoms with Crippen LogP contribution in [0.1, 0.15) is 12.7 Å². The molecular formula is C16H20N3O3+. The Hall–Kier alpha value is -2.05. The van der Waals surface area contributed by atoms with Crippen molar-refractivity contribution < 1.29 is 14.4 Å². The van der Waals surface area contributed by atoms with Crippen molar-refractivity contribution in [3.8, 4) is 0 Å². The second-order valence-corrected chi connectivity index (χ2v) is 5.68. The van der Waals surface area contributed by atoms with E-state index >= 15 is 0 Å². The molecule has 1 fully saturated rings. The molecule has 1 saturated heterocycles. The van der Waals surface area contributed by atoms with E-state index in [0.29, 0.717) is 23.3 Å². The van der Waals surface area contributed by atoms with Gasteiger partial charge >= 0.3 is 0 Å². The van der Waals surface area contributed by atoms with Crippen molar-refractivity contribution in [3.05, 3.63) is 40.4 Å². The van der Waals surface area contributed by atoms with Gasteiger partial charge in [0.15, 0.2) is 5.82 Å². The van der Waals surface area contributed by atoms with Crippen molar-refractivity contribution in [3.63, 3.8) is 0 Å². The van der Waals surface area contributed by atoms with Crippen LogP contribution in [-0.4, -0.2) is 41.6 Å². The van der Waals surface area contributed by atoms with Crippen LogP contribution in [-0.2, 0) is 22.6 Å². The monoisotopic (exact) mass is 302 g/mol. The summed E-state index contributed by atoms with van der Waals surface area (Å²) in [5.41, 5.74) is 0.554. The number of ketones is 1. The topological polar surface area (TPSA) is 65.6 Å². The molecule has 1 aliphatic rings. The number of nitrogens with one attached hydrogen (secondary N) is 1. The van der Waals surface area contributed by atoms with Gasteiger partial charge in [-0.15, -0.1) is 0 Å². The Kier molecular flexibility index (Phi) is 4.31. The Morgan fingerprint density at radius 3 is 2.77 bits per heavy atom. The van der Waals surface area contributed by atoms with Crippen LogP contribution in [0, 0.1) is 0 Å². The SMILES string of the molecule is CC(=O)Cn1c(C[NH+]2CCOCC2)nc2ccccc2c1=O. The number of carbonyl (C=O) groups is 1. The Balaban J connectivity index is 2.05. The number of fused-ring (bicyclic) bond motifs is 1. The van der Waals surface area contributed by atoms with E-state index in [4.69, 9.17) is 4.74 Å². The first-order chi connectivity index (χ1) is 10.6. The zero-order valence-electron chi connectivity index (χ0n) is 12.7. The number of carbonyl (C=O) groups excluding carboxylic acids is 1. The van der Waals surface area contributed by atoms with E-state index in [1.807, 2.05) is 18.2 Å². The van der Waals surface area contributed by atoms with Crippen LogP contribution in [0.3, 0.4) is 0 Å². The van der Waals surface area contributed by atoms with Gasteiger partial charge in [-0.1, -0.05) is 12.1 Å². The second kappa shape index (κ2) is 6.37. The van der Waals surface area contributed by atoms with Crippen molar-refractivity contribution in [1.82, 2.24) is 9.55 Å². The lowest BCUT2D eigenvalue weighted by atomic mass is 10.2. The van der Waals surface area contributed by atoms with Gasteiger partial charge in [0.1, 0.15) is 25.4 Å². The number of aromatic nitrogens is 2. The summed E-state index contributed by atoms with van der Waals surface area (Å²) in [6, 6.07) is 7.28. The number of ether oxygens (including phenoxy) is 1. The van der Waals surface area contributed by atoms with Gasteiger partial charge in [-0.05, 0) is 19.1 Å². The fourth-order valence-electron chi connectivity index (χ4n) is 2.80. The maximum absolute atomic E-state index is 12.7. The number of para-hydroxylation sites is 1. The first kappa shape index (κ1) is 14.9. The molecular weight excluding hydrogens is 282 g/mol. The van der Waals surface area contributed by atoms with Gasteiger partial charge in [-0.2, -0.15) is 0 Å². The lowest BCUT2D eigenvalue weighted by molar-refractivity contribution is -0.922. The smallest absolute Gasteiger partial charge is 0.261 e. The van der Waals surface area contributed by atoms with Crippen LogP contribution in [0.4, 0.5) is 0 Å². The summed E-state index contributed by atoms with van der Waals surface area (Å²) >= 11 is 0. The number of hydrogen-bond acceptors (Lipinski definition) is 4. The maximum atomic E-state index is 12.7. The molecule has 116 valence electrons. The van der Waals surface area contributed by atoms with E-state index in [-0.39, 0.29) is 17.9 Å². The van der Waals surface area contributed by atoms with Crippen molar-refractivity contribution in [2.24, 2.45) is 0 Å². The molecule has 0 amide bonds. The fraction of sp³-hybridized carbons (Fsp3) is 0.438. The zero-order valence-corrected chi connectivity index (χ0v) is 12.7. The lowest BCUT2D eigenvalue weighted by Gasteiger charge is -2.24. The van der Waals surface area contributed by atoms with Gasteiger partial charge in [-0.25, -0.2) is 4.98 Å². The Morgan fingerprint density at radius 2 is 2.05 bits per heavy atom. The van der Waals surface area contributed by atoms with Crippen LogP contribution in [0.2, 0.25) is 0 Å². The number of quaternary nitrogens is 1. The van der Waals surface area contributed by atoms with E-state index in [1.54, 1.807) is 6.07 Å². The molecule has 0 spiro atoms. The highest BCUT2D eigenvalue weighted by Gasteiger charge is 2.19. The molecule has 6 heteroatoms. The molecule has 2 heterocycles. The number of hydrogen-bond donors (Lipinski definition) is 1. The molecule has 6 nitrogen and oxygen atoms in total. The number of nitrogens with zero attached hydrogens (tertiary/aromatic N) is 2. The molecule has 1 aromatic carbocycles. The molecule has 1 N–H and O–H groups in total. The zero-order chi connectivity index (χ0) is 15.5. The summed E-state index contributed by atoms with van der Waals surface area (Å²) in [5, 5.41) is 0.560. The van der Waals surface area contributed by atoms with E-state index < -0.39 is 0 Å². The first-order valence-corrected chi connectivity index (χ1v) is 7.54. The molecule has 0 unspecified atom stereocenters. The van der Waals surface area contributed by atoms with E-state index in [2.05, 4.69) is 4.98 Å². The van der Waals surface area contributed by atoms with E-state index in [1.165, 1.54) is 16.4 Å². The minimum absolute atomic E-state index is 0.0441.